The molecule has 2 bridgehead atoms. The van der Waals surface area contributed by atoms with E-state index in [9.17, 15) is 4.79 Å². The highest BCUT2D eigenvalue weighted by Crippen LogP contribution is 2.52. The Hall–Kier alpha value is -1.39. The fourth-order valence-corrected chi connectivity index (χ4v) is 5.72. The van der Waals surface area contributed by atoms with Crippen molar-refractivity contribution in [2.24, 2.45) is 0 Å². The molecule has 4 heteroatoms. The zero-order chi connectivity index (χ0) is 18.4. The Bertz CT molecular complexity index is 665. The maximum Gasteiger partial charge on any atom is 0.233 e. The molecule has 146 valence electrons. The second-order valence-electron chi connectivity index (χ2n) is 9.28. The van der Waals surface area contributed by atoms with Crippen LogP contribution in [0.3, 0.4) is 0 Å². The molecule has 3 atom stereocenters. The lowest BCUT2D eigenvalue weighted by atomic mass is 9.91. The number of hydrogen-bond acceptors (Lipinski definition) is 3. The van der Waals surface area contributed by atoms with Gasteiger partial charge in [-0.3, -0.25) is 4.79 Å². The van der Waals surface area contributed by atoms with E-state index in [1.807, 2.05) is 6.07 Å². The van der Waals surface area contributed by atoms with Gasteiger partial charge in [-0.15, -0.1) is 0 Å². The average Bonchev–Trinajstić information content (AvgIpc) is 3.45. The first-order valence-electron chi connectivity index (χ1n) is 10.9. The van der Waals surface area contributed by atoms with Gasteiger partial charge in [0.05, 0.1) is 17.6 Å². The number of amides is 1. The first-order chi connectivity index (χ1) is 13.2. The molecule has 1 aromatic rings. The Kier molecular flexibility index (Phi) is 4.52. The average molecular weight is 369 g/mol. The van der Waals surface area contributed by atoms with Crippen LogP contribution in [0.2, 0.25) is 0 Å². The minimum Gasteiger partial charge on any atom is -0.375 e. The normalized spacial score (nSPS) is 33.2. The van der Waals surface area contributed by atoms with Gasteiger partial charge in [0.2, 0.25) is 5.91 Å². The minimum atomic E-state index is -0.219. The third-order valence-electron chi connectivity index (χ3n) is 7.46. The van der Waals surface area contributed by atoms with E-state index in [0.717, 1.165) is 64.5 Å². The Morgan fingerprint density at radius 3 is 2.19 bits per heavy atom. The number of likely N-dealkylation sites (tertiary alicyclic amines) is 1. The molecular weight excluding hydrogens is 336 g/mol. The van der Waals surface area contributed by atoms with Gasteiger partial charge < -0.3 is 14.5 Å². The van der Waals surface area contributed by atoms with E-state index in [4.69, 9.17) is 4.74 Å². The van der Waals surface area contributed by atoms with Gasteiger partial charge in [0.25, 0.3) is 0 Å². The second kappa shape index (κ2) is 6.89. The number of benzene rings is 1. The largest absolute Gasteiger partial charge is 0.375 e. The molecule has 3 aliphatic heterocycles. The quantitative estimate of drug-likeness (QED) is 0.817. The van der Waals surface area contributed by atoms with Crippen LogP contribution < -0.4 is 0 Å². The van der Waals surface area contributed by atoms with E-state index in [1.165, 1.54) is 5.56 Å². The van der Waals surface area contributed by atoms with Crippen molar-refractivity contribution in [1.82, 2.24) is 9.80 Å². The zero-order valence-corrected chi connectivity index (χ0v) is 16.5. The van der Waals surface area contributed by atoms with Crippen molar-refractivity contribution < 1.29 is 9.53 Å². The summed E-state index contributed by atoms with van der Waals surface area (Å²) in [4.78, 5) is 18.2. The number of carbonyl (C=O) groups excluding carboxylic acids is 1. The zero-order valence-electron chi connectivity index (χ0n) is 16.5. The number of piperidine rings is 2. The van der Waals surface area contributed by atoms with E-state index < -0.39 is 0 Å². The van der Waals surface area contributed by atoms with Crippen molar-refractivity contribution in [2.45, 2.75) is 81.1 Å². The first kappa shape index (κ1) is 17.7. The van der Waals surface area contributed by atoms with E-state index in [0.29, 0.717) is 30.2 Å². The van der Waals surface area contributed by atoms with E-state index >= 15 is 0 Å². The summed E-state index contributed by atoms with van der Waals surface area (Å²) in [6.45, 7) is 2.29. The van der Waals surface area contributed by atoms with Crippen molar-refractivity contribution in [2.75, 3.05) is 20.1 Å². The molecule has 1 aromatic carbocycles. The molecule has 0 aromatic heterocycles. The standard InChI is InChI=1S/C23H32N2O2/c1-24-13-9-20(10-14-24)27-21-15-18-7-8-19(16-21)25(18)22(26)23(11-12-23)17-5-3-2-4-6-17/h2-6,18-21H,7-16H2,1H3/t18-,19+,21?. The molecule has 4 fully saturated rings. The number of carbonyl (C=O) groups is 1. The Morgan fingerprint density at radius 2 is 1.59 bits per heavy atom. The van der Waals surface area contributed by atoms with Crippen LogP contribution >= 0.6 is 0 Å². The van der Waals surface area contributed by atoms with Crippen molar-refractivity contribution in [3.05, 3.63) is 35.9 Å². The topological polar surface area (TPSA) is 32.8 Å². The van der Waals surface area contributed by atoms with E-state index in [2.05, 4.69) is 41.1 Å². The predicted octanol–water partition coefficient (Wildman–Crippen LogP) is 3.35. The summed E-state index contributed by atoms with van der Waals surface area (Å²) < 4.78 is 6.51. The van der Waals surface area contributed by atoms with Crippen molar-refractivity contribution in [1.29, 1.82) is 0 Å². The number of nitrogens with zero attached hydrogens (tertiary/aromatic N) is 2. The van der Waals surface area contributed by atoms with E-state index in [1.54, 1.807) is 0 Å². The molecule has 0 spiro atoms. The molecule has 1 saturated carbocycles. The van der Waals surface area contributed by atoms with Gasteiger partial charge in [0.15, 0.2) is 0 Å². The monoisotopic (exact) mass is 368 g/mol. The molecular formula is C23H32N2O2. The SMILES string of the molecule is CN1CCC(OC2C[C@H]3CC[C@@H](C2)N3C(=O)C2(c3ccccc3)CC2)CC1. The van der Waals surface area contributed by atoms with Crippen LogP contribution in [-0.2, 0) is 14.9 Å². The Morgan fingerprint density at radius 1 is 0.963 bits per heavy atom. The van der Waals surface area contributed by atoms with Crippen LogP contribution in [0.5, 0.6) is 0 Å². The summed E-state index contributed by atoms with van der Waals surface area (Å²) in [5, 5.41) is 0. The lowest BCUT2D eigenvalue weighted by molar-refractivity contribution is -0.143. The third kappa shape index (κ3) is 3.21. The molecule has 1 aliphatic carbocycles. The summed E-state index contributed by atoms with van der Waals surface area (Å²) in [5.74, 6) is 0.402. The third-order valence-corrected chi connectivity index (χ3v) is 7.46. The molecule has 1 unspecified atom stereocenters. The molecule has 4 aliphatic rings. The lowest BCUT2D eigenvalue weighted by Gasteiger charge is -2.42. The van der Waals surface area contributed by atoms with Gasteiger partial charge in [-0.05, 0) is 64.0 Å². The summed E-state index contributed by atoms with van der Waals surface area (Å²) >= 11 is 0. The van der Waals surface area contributed by atoms with Crippen LogP contribution in [0, 0.1) is 0 Å². The highest BCUT2D eigenvalue weighted by Gasteiger charge is 2.57. The maximum atomic E-state index is 13.6. The maximum absolute atomic E-state index is 13.6. The predicted molar refractivity (Wildman–Crippen MR) is 106 cm³/mol. The van der Waals surface area contributed by atoms with Crippen LogP contribution in [0.4, 0.5) is 0 Å². The Labute approximate surface area is 162 Å². The highest BCUT2D eigenvalue weighted by atomic mass is 16.5. The molecule has 1 amide bonds. The first-order valence-corrected chi connectivity index (χ1v) is 10.9. The molecule has 0 radical (unpaired) electrons. The second-order valence-corrected chi connectivity index (χ2v) is 9.28. The van der Waals surface area contributed by atoms with Crippen molar-refractivity contribution in [3.8, 4) is 0 Å². The van der Waals surface area contributed by atoms with Crippen LogP contribution in [-0.4, -0.2) is 60.1 Å². The number of hydrogen-bond donors (Lipinski definition) is 0. The van der Waals surface area contributed by atoms with Crippen molar-refractivity contribution in [3.63, 3.8) is 0 Å². The highest BCUT2D eigenvalue weighted by molar-refractivity contribution is 5.92. The van der Waals surface area contributed by atoms with Gasteiger partial charge in [-0.25, -0.2) is 0 Å². The van der Waals surface area contributed by atoms with Crippen molar-refractivity contribution >= 4 is 5.91 Å². The van der Waals surface area contributed by atoms with E-state index in [-0.39, 0.29) is 5.41 Å². The molecule has 5 rings (SSSR count). The van der Waals surface area contributed by atoms with Gasteiger partial charge in [0.1, 0.15) is 0 Å². The van der Waals surface area contributed by atoms with Gasteiger partial charge in [-0.2, -0.15) is 0 Å². The van der Waals surface area contributed by atoms with Gasteiger partial charge in [-0.1, -0.05) is 30.3 Å². The van der Waals surface area contributed by atoms with Crippen LogP contribution in [0.25, 0.3) is 0 Å². The molecule has 3 saturated heterocycles. The van der Waals surface area contributed by atoms with Gasteiger partial charge >= 0.3 is 0 Å². The lowest BCUT2D eigenvalue weighted by Crippen LogP contribution is -2.52. The number of ether oxygens (including phenoxy) is 1. The van der Waals surface area contributed by atoms with Crippen LogP contribution in [0.1, 0.15) is 56.9 Å². The summed E-state index contributed by atoms with van der Waals surface area (Å²) in [6.07, 6.45) is 9.52. The number of rotatable bonds is 4. The smallest absolute Gasteiger partial charge is 0.233 e. The molecule has 4 nitrogen and oxygen atoms in total. The fraction of sp³-hybridized carbons (Fsp3) is 0.696. The summed E-state index contributed by atoms with van der Waals surface area (Å²) in [6, 6.07) is 11.3. The molecule has 27 heavy (non-hydrogen) atoms. The summed E-state index contributed by atoms with van der Waals surface area (Å²) in [7, 11) is 2.20. The summed E-state index contributed by atoms with van der Waals surface area (Å²) in [5.41, 5.74) is 1.00. The fourth-order valence-electron chi connectivity index (χ4n) is 5.72. The molecule has 3 heterocycles. The van der Waals surface area contributed by atoms with Crippen LogP contribution in [0.15, 0.2) is 30.3 Å². The van der Waals surface area contributed by atoms with Gasteiger partial charge in [0, 0.05) is 25.2 Å². The number of fused-ring (bicyclic) bond motifs is 2. The Balaban J connectivity index is 1.25. The molecule has 0 N–H and O–H groups in total. The minimum absolute atomic E-state index is 0.219.